The number of rotatable bonds is 6. The van der Waals surface area contributed by atoms with E-state index in [-0.39, 0.29) is 17.8 Å². The van der Waals surface area contributed by atoms with Gasteiger partial charge < -0.3 is 10.4 Å². The lowest BCUT2D eigenvalue weighted by atomic mass is 10.1. The monoisotopic (exact) mass is 478 g/mol. The van der Waals surface area contributed by atoms with Crippen molar-refractivity contribution < 1.29 is 19.1 Å². The van der Waals surface area contributed by atoms with Crippen molar-refractivity contribution in [1.82, 2.24) is 9.78 Å². The number of nitrogens with one attached hydrogen (secondary N) is 2. The molecule has 4 rings (SSSR count). The van der Waals surface area contributed by atoms with Crippen LogP contribution < -0.4 is 10.6 Å². The summed E-state index contributed by atoms with van der Waals surface area (Å²) in [5.74, 6) is -1.18. The molecule has 172 valence electrons. The molecule has 0 bridgehead atoms. The number of urea groups is 1. The van der Waals surface area contributed by atoms with Gasteiger partial charge >= 0.3 is 12.0 Å². The van der Waals surface area contributed by atoms with Crippen molar-refractivity contribution in [3.8, 4) is 16.9 Å². The van der Waals surface area contributed by atoms with Crippen LogP contribution in [0.5, 0.6) is 0 Å². The zero-order valence-electron chi connectivity index (χ0n) is 18.0. The molecule has 0 aliphatic rings. The van der Waals surface area contributed by atoms with Crippen molar-refractivity contribution in [2.75, 3.05) is 10.6 Å². The minimum atomic E-state index is -0.975. The molecule has 0 saturated carbocycles. The topological polar surface area (TPSA) is 96.3 Å². The number of aryl methyl sites for hydroxylation is 1. The summed E-state index contributed by atoms with van der Waals surface area (Å²) in [5, 5.41) is 19.5. The van der Waals surface area contributed by atoms with Crippen molar-refractivity contribution in [3.05, 3.63) is 94.8 Å². The third-order valence-electron chi connectivity index (χ3n) is 5.05. The molecule has 2 amide bonds. The van der Waals surface area contributed by atoms with Crippen LogP contribution in [0.2, 0.25) is 5.02 Å². The number of carbonyl (C=O) groups is 2. The molecule has 0 aliphatic heterocycles. The van der Waals surface area contributed by atoms with E-state index < -0.39 is 17.8 Å². The maximum absolute atomic E-state index is 14.4. The van der Waals surface area contributed by atoms with Crippen LogP contribution >= 0.6 is 11.6 Å². The Morgan fingerprint density at radius 2 is 1.79 bits per heavy atom. The van der Waals surface area contributed by atoms with Gasteiger partial charge in [0.15, 0.2) is 0 Å². The van der Waals surface area contributed by atoms with Crippen LogP contribution in [-0.2, 0) is 11.2 Å². The summed E-state index contributed by atoms with van der Waals surface area (Å²) >= 11 is 6.28. The molecule has 1 aromatic heterocycles. The largest absolute Gasteiger partial charge is 0.481 e. The Bertz CT molecular complexity index is 1390. The summed E-state index contributed by atoms with van der Waals surface area (Å²) in [4.78, 5) is 23.9. The van der Waals surface area contributed by atoms with Gasteiger partial charge in [-0.25, -0.2) is 13.9 Å². The first-order valence-electron chi connectivity index (χ1n) is 10.3. The number of hydrogen-bond acceptors (Lipinski definition) is 3. The van der Waals surface area contributed by atoms with Crippen LogP contribution in [0, 0.1) is 12.7 Å². The number of aliphatic carboxylic acids is 1. The van der Waals surface area contributed by atoms with Gasteiger partial charge in [0.05, 0.1) is 28.5 Å². The number of anilines is 2. The number of benzene rings is 3. The number of halogens is 2. The highest BCUT2D eigenvalue weighted by Crippen LogP contribution is 2.28. The van der Waals surface area contributed by atoms with E-state index in [0.717, 1.165) is 5.56 Å². The molecule has 9 heteroatoms. The van der Waals surface area contributed by atoms with Crippen LogP contribution in [0.4, 0.5) is 20.7 Å². The first-order valence-corrected chi connectivity index (χ1v) is 10.7. The average Bonchev–Trinajstić information content (AvgIpc) is 3.20. The zero-order valence-corrected chi connectivity index (χ0v) is 18.8. The lowest BCUT2D eigenvalue weighted by Gasteiger charge is -2.12. The third-order valence-corrected chi connectivity index (χ3v) is 5.55. The minimum Gasteiger partial charge on any atom is -0.481 e. The maximum Gasteiger partial charge on any atom is 0.324 e. The number of nitrogens with zero attached hydrogens (tertiary/aromatic N) is 2. The van der Waals surface area contributed by atoms with Gasteiger partial charge in [-0.3, -0.25) is 10.1 Å². The molecule has 7 nitrogen and oxygen atoms in total. The first-order chi connectivity index (χ1) is 16.3. The fourth-order valence-corrected chi connectivity index (χ4v) is 3.63. The fourth-order valence-electron chi connectivity index (χ4n) is 3.45. The van der Waals surface area contributed by atoms with Crippen LogP contribution in [0.1, 0.15) is 11.1 Å². The molecule has 4 aromatic rings. The van der Waals surface area contributed by atoms with Crippen molar-refractivity contribution >= 4 is 35.1 Å². The van der Waals surface area contributed by atoms with E-state index in [9.17, 15) is 14.0 Å². The highest BCUT2D eigenvalue weighted by Gasteiger charge is 2.17. The summed E-state index contributed by atoms with van der Waals surface area (Å²) in [6.45, 7) is 1.82. The number of carbonyl (C=O) groups excluding carboxylic acids is 1. The molecule has 0 unspecified atom stereocenters. The van der Waals surface area contributed by atoms with Crippen molar-refractivity contribution in [3.63, 3.8) is 0 Å². The van der Waals surface area contributed by atoms with Gasteiger partial charge in [-0.2, -0.15) is 5.10 Å². The second kappa shape index (κ2) is 9.76. The summed E-state index contributed by atoms with van der Waals surface area (Å²) in [6.07, 6.45) is -0.176. The smallest absolute Gasteiger partial charge is 0.324 e. The molecule has 3 aromatic carbocycles. The predicted octanol–water partition coefficient (Wildman–Crippen LogP) is 5.91. The highest BCUT2D eigenvalue weighted by molar-refractivity contribution is 6.34. The standard InChI is InChI=1S/C25H20ClFN4O3/c1-15-6-4-11-20(24(15)26)28-25(34)29-22-14-21(18-9-2-3-10-19(18)27)30-31(22)17-8-5-7-16(12-17)13-23(32)33/h2-12,14H,13H2,1H3,(H,32,33)(H2,28,29,34). The quantitative estimate of drug-likeness (QED) is 0.321. The van der Waals surface area contributed by atoms with Crippen LogP contribution in [-0.4, -0.2) is 26.9 Å². The van der Waals surface area contributed by atoms with Gasteiger partial charge in [0, 0.05) is 11.6 Å². The van der Waals surface area contributed by atoms with Gasteiger partial charge in [-0.1, -0.05) is 48.0 Å². The SMILES string of the molecule is Cc1cccc(NC(=O)Nc2cc(-c3ccccc3F)nn2-c2cccc(CC(=O)O)c2)c1Cl. The number of carboxylic acids is 1. The van der Waals surface area contributed by atoms with Crippen LogP contribution in [0.3, 0.4) is 0 Å². The van der Waals surface area contributed by atoms with Crippen LogP contribution in [0.25, 0.3) is 16.9 Å². The molecule has 0 spiro atoms. The molecular formula is C25H20ClFN4O3. The predicted molar refractivity (Wildman–Crippen MR) is 129 cm³/mol. The van der Waals surface area contributed by atoms with E-state index in [2.05, 4.69) is 15.7 Å². The van der Waals surface area contributed by atoms with Gasteiger partial charge in [0.2, 0.25) is 0 Å². The maximum atomic E-state index is 14.4. The number of amides is 2. The van der Waals surface area contributed by atoms with E-state index in [1.807, 2.05) is 13.0 Å². The minimum absolute atomic E-state index is 0.176. The fraction of sp³-hybridized carbons (Fsp3) is 0.0800. The molecule has 3 N–H and O–H groups in total. The molecule has 0 saturated heterocycles. The molecular weight excluding hydrogens is 459 g/mol. The Balaban J connectivity index is 1.72. The Morgan fingerprint density at radius 3 is 2.56 bits per heavy atom. The van der Waals surface area contributed by atoms with E-state index >= 15 is 0 Å². The second-order valence-electron chi connectivity index (χ2n) is 7.56. The second-order valence-corrected chi connectivity index (χ2v) is 7.94. The summed E-state index contributed by atoms with van der Waals surface area (Å²) in [5.41, 5.74) is 2.85. The van der Waals surface area contributed by atoms with Crippen LogP contribution in [0.15, 0.2) is 72.8 Å². The van der Waals surface area contributed by atoms with Crippen molar-refractivity contribution in [2.45, 2.75) is 13.3 Å². The van der Waals surface area contributed by atoms with Gasteiger partial charge in [-0.05, 0) is 48.4 Å². The number of carboxylic acid groups (broad SMARTS) is 1. The first kappa shape index (κ1) is 23.0. The van der Waals surface area contributed by atoms with Gasteiger partial charge in [0.1, 0.15) is 11.6 Å². The number of hydrogen-bond donors (Lipinski definition) is 3. The molecule has 0 aliphatic carbocycles. The van der Waals surface area contributed by atoms with E-state index in [1.165, 1.54) is 10.7 Å². The van der Waals surface area contributed by atoms with Gasteiger partial charge in [-0.15, -0.1) is 0 Å². The Labute approximate surface area is 199 Å². The molecule has 1 heterocycles. The Morgan fingerprint density at radius 1 is 1.03 bits per heavy atom. The van der Waals surface area contributed by atoms with E-state index in [1.54, 1.807) is 60.7 Å². The number of aromatic nitrogens is 2. The molecule has 0 radical (unpaired) electrons. The van der Waals surface area contributed by atoms with E-state index in [0.29, 0.717) is 27.7 Å². The molecule has 34 heavy (non-hydrogen) atoms. The molecule has 0 atom stereocenters. The van der Waals surface area contributed by atoms with Crippen molar-refractivity contribution in [2.24, 2.45) is 0 Å². The highest BCUT2D eigenvalue weighted by atomic mass is 35.5. The summed E-state index contributed by atoms with van der Waals surface area (Å²) < 4.78 is 15.9. The van der Waals surface area contributed by atoms with Crippen molar-refractivity contribution in [1.29, 1.82) is 0 Å². The Kier molecular flexibility index (Phi) is 6.60. The normalized spacial score (nSPS) is 10.7. The lowest BCUT2D eigenvalue weighted by Crippen LogP contribution is -2.21. The van der Waals surface area contributed by atoms with Gasteiger partial charge in [0.25, 0.3) is 0 Å². The zero-order chi connectivity index (χ0) is 24.2. The summed E-state index contributed by atoms with van der Waals surface area (Å²) in [7, 11) is 0. The average molecular weight is 479 g/mol. The van der Waals surface area contributed by atoms with E-state index in [4.69, 9.17) is 16.7 Å². The lowest BCUT2D eigenvalue weighted by molar-refractivity contribution is -0.136. The summed E-state index contributed by atoms with van der Waals surface area (Å²) in [6, 6.07) is 19.1. The third kappa shape index (κ3) is 5.07. The Hall–Kier alpha value is -4.17. The molecule has 0 fully saturated rings.